The second-order valence-electron chi connectivity index (χ2n) is 2.02. The van der Waals surface area contributed by atoms with E-state index in [-0.39, 0.29) is 0 Å². The molecule has 0 rings (SSSR count). The highest BCUT2D eigenvalue weighted by atomic mass is 17.2. The summed E-state index contributed by atoms with van der Waals surface area (Å²) in [5.74, 6) is -0.538. The number of carbonyl (C=O) groups is 1. The lowest BCUT2D eigenvalue weighted by molar-refractivity contribution is -0.343. The number of ether oxygens (including phenoxy) is 1. The fourth-order valence-electron chi connectivity index (χ4n) is 0.542. The van der Waals surface area contributed by atoms with E-state index < -0.39 is 12.3 Å². The summed E-state index contributed by atoms with van der Waals surface area (Å²) in [4.78, 5) is 19.6. The second kappa shape index (κ2) is 6.82. The highest BCUT2D eigenvalue weighted by Gasteiger charge is 2.04. The number of carbonyl (C=O) groups excluding carboxylic acids is 1. The molecule has 0 saturated heterocycles. The van der Waals surface area contributed by atoms with E-state index in [0.717, 1.165) is 0 Å². The zero-order valence-corrected chi connectivity index (χ0v) is 7.57. The van der Waals surface area contributed by atoms with E-state index in [4.69, 9.17) is 4.74 Å². The van der Waals surface area contributed by atoms with E-state index in [1.54, 1.807) is 19.9 Å². The van der Waals surface area contributed by atoms with Gasteiger partial charge in [-0.1, -0.05) is 6.08 Å². The Labute approximate surface area is 72.0 Å². The molecule has 0 aromatic rings. The van der Waals surface area contributed by atoms with Gasteiger partial charge in [-0.2, -0.15) is 4.89 Å². The minimum Gasteiger partial charge on any atom is -0.349 e. The lowest BCUT2D eigenvalue weighted by Crippen LogP contribution is -2.15. The van der Waals surface area contributed by atoms with Crippen LogP contribution >= 0.6 is 0 Å². The lowest BCUT2D eigenvalue weighted by atomic mass is 10.5. The third-order valence-corrected chi connectivity index (χ3v) is 0.970. The lowest BCUT2D eigenvalue weighted by Gasteiger charge is -2.09. The normalized spacial score (nSPS) is 13.2. The molecule has 4 nitrogen and oxygen atoms in total. The van der Waals surface area contributed by atoms with Crippen LogP contribution in [0.5, 0.6) is 0 Å². The van der Waals surface area contributed by atoms with Crippen LogP contribution in [-0.4, -0.2) is 18.9 Å². The molecular formula is C8H14O4. The molecule has 4 heteroatoms. The van der Waals surface area contributed by atoms with Crippen molar-refractivity contribution in [2.45, 2.75) is 27.1 Å². The van der Waals surface area contributed by atoms with Crippen molar-refractivity contribution in [3.63, 3.8) is 0 Å². The van der Waals surface area contributed by atoms with Crippen LogP contribution < -0.4 is 0 Å². The highest BCUT2D eigenvalue weighted by molar-refractivity contribution is 5.81. The average molecular weight is 174 g/mol. The number of allylic oxidation sites excluding steroid dienone is 1. The van der Waals surface area contributed by atoms with Crippen LogP contribution in [0.25, 0.3) is 0 Å². The van der Waals surface area contributed by atoms with Crippen LogP contribution in [0.2, 0.25) is 0 Å². The Morgan fingerprint density at radius 2 is 2.25 bits per heavy atom. The first-order chi connectivity index (χ1) is 5.70. The zero-order valence-electron chi connectivity index (χ0n) is 7.57. The molecule has 12 heavy (non-hydrogen) atoms. The van der Waals surface area contributed by atoms with Crippen molar-refractivity contribution in [2.75, 3.05) is 6.61 Å². The molecule has 0 amide bonds. The largest absolute Gasteiger partial charge is 0.365 e. The van der Waals surface area contributed by atoms with Gasteiger partial charge in [0.05, 0.1) is 0 Å². The molecule has 70 valence electrons. The third-order valence-electron chi connectivity index (χ3n) is 0.970. The van der Waals surface area contributed by atoms with Gasteiger partial charge in [0.15, 0.2) is 6.29 Å². The summed E-state index contributed by atoms with van der Waals surface area (Å²) in [6.45, 7) is 5.70. The van der Waals surface area contributed by atoms with Gasteiger partial charge in [0.1, 0.15) is 0 Å². The average Bonchev–Trinajstić information content (AvgIpc) is 2.02. The predicted octanol–water partition coefficient (Wildman–Crippen LogP) is 1.42. The van der Waals surface area contributed by atoms with Gasteiger partial charge in [-0.05, 0) is 20.8 Å². The van der Waals surface area contributed by atoms with Crippen molar-refractivity contribution in [2.24, 2.45) is 0 Å². The monoisotopic (exact) mass is 174 g/mol. The Bertz CT molecular complexity index is 153. The number of rotatable bonds is 5. The Kier molecular flexibility index (Phi) is 6.32. The minimum absolute atomic E-state index is 0.516. The topological polar surface area (TPSA) is 44.8 Å². The zero-order chi connectivity index (χ0) is 9.40. The summed E-state index contributed by atoms with van der Waals surface area (Å²) >= 11 is 0. The van der Waals surface area contributed by atoms with E-state index in [9.17, 15) is 4.79 Å². The summed E-state index contributed by atoms with van der Waals surface area (Å²) in [5, 5.41) is 0. The van der Waals surface area contributed by atoms with Gasteiger partial charge in [0.2, 0.25) is 0 Å². The van der Waals surface area contributed by atoms with Crippen molar-refractivity contribution in [1.29, 1.82) is 0 Å². The molecule has 1 atom stereocenters. The quantitative estimate of drug-likeness (QED) is 0.273. The van der Waals surface area contributed by atoms with Crippen LogP contribution in [0.4, 0.5) is 0 Å². The molecule has 0 aromatic carbocycles. The van der Waals surface area contributed by atoms with Crippen LogP contribution in [0.3, 0.4) is 0 Å². The number of hydrogen-bond donors (Lipinski definition) is 0. The summed E-state index contributed by atoms with van der Waals surface area (Å²) in [7, 11) is 0. The Balaban J connectivity index is 3.46. The van der Waals surface area contributed by atoms with Crippen molar-refractivity contribution in [1.82, 2.24) is 0 Å². The van der Waals surface area contributed by atoms with Gasteiger partial charge in [-0.25, -0.2) is 4.79 Å². The molecule has 0 radical (unpaired) electrons. The fourth-order valence-corrected chi connectivity index (χ4v) is 0.542. The smallest absolute Gasteiger partial charge is 0.349 e. The molecule has 0 saturated carbocycles. The van der Waals surface area contributed by atoms with Gasteiger partial charge >= 0.3 is 5.97 Å². The highest BCUT2D eigenvalue weighted by Crippen LogP contribution is 1.94. The molecule has 0 fully saturated rings. The molecule has 0 bridgehead atoms. The van der Waals surface area contributed by atoms with Gasteiger partial charge < -0.3 is 4.74 Å². The summed E-state index contributed by atoms with van der Waals surface area (Å²) in [6.07, 6.45) is 2.31. The summed E-state index contributed by atoms with van der Waals surface area (Å²) in [5.41, 5.74) is 0. The van der Waals surface area contributed by atoms with Crippen LogP contribution in [-0.2, 0) is 19.3 Å². The van der Waals surface area contributed by atoms with E-state index in [1.807, 2.05) is 6.92 Å². The summed E-state index contributed by atoms with van der Waals surface area (Å²) in [6, 6.07) is 0. The SMILES string of the molecule is CC=CC(=O)OOC(C)OCC. The predicted molar refractivity (Wildman–Crippen MR) is 43.1 cm³/mol. The molecular weight excluding hydrogens is 160 g/mol. The van der Waals surface area contributed by atoms with Crippen molar-refractivity contribution in [3.8, 4) is 0 Å². The molecule has 0 aromatic heterocycles. The molecule has 0 aliphatic rings. The Morgan fingerprint density at radius 3 is 2.75 bits per heavy atom. The molecule has 0 N–H and O–H groups in total. The molecule has 0 heterocycles. The van der Waals surface area contributed by atoms with Gasteiger partial charge in [-0.15, -0.1) is 0 Å². The number of hydrogen-bond acceptors (Lipinski definition) is 4. The molecule has 1 unspecified atom stereocenters. The van der Waals surface area contributed by atoms with Crippen LogP contribution in [0.15, 0.2) is 12.2 Å². The van der Waals surface area contributed by atoms with Crippen molar-refractivity contribution in [3.05, 3.63) is 12.2 Å². The van der Waals surface area contributed by atoms with Crippen molar-refractivity contribution >= 4 is 5.97 Å². The van der Waals surface area contributed by atoms with Crippen LogP contribution in [0, 0.1) is 0 Å². The minimum atomic E-state index is -0.538. The Hall–Kier alpha value is -0.870. The summed E-state index contributed by atoms with van der Waals surface area (Å²) < 4.78 is 4.95. The van der Waals surface area contributed by atoms with E-state index in [0.29, 0.717) is 6.61 Å². The first-order valence-corrected chi connectivity index (χ1v) is 3.82. The first-order valence-electron chi connectivity index (χ1n) is 3.82. The maximum atomic E-state index is 10.7. The van der Waals surface area contributed by atoms with Gasteiger partial charge in [0.25, 0.3) is 0 Å². The maximum absolute atomic E-state index is 10.7. The van der Waals surface area contributed by atoms with E-state index >= 15 is 0 Å². The first kappa shape index (κ1) is 11.1. The molecule has 0 aliphatic carbocycles. The van der Waals surface area contributed by atoms with E-state index in [1.165, 1.54) is 6.08 Å². The Morgan fingerprint density at radius 1 is 1.58 bits per heavy atom. The van der Waals surface area contributed by atoms with Crippen molar-refractivity contribution < 1.29 is 19.3 Å². The maximum Gasteiger partial charge on any atom is 0.365 e. The second-order valence-corrected chi connectivity index (χ2v) is 2.02. The molecule has 0 aliphatic heterocycles. The van der Waals surface area contributed by atoms with Crippen LogP contribution in [0.1, 0.15) is 20.8 Å². The third kappa shape index (κ3) is 5.88. The van der Waals surface area contributed by atoms with E-state index in [2.05, 4.69) is 9.78 Å². The fraction of sp³-hybridized carbons (Fsp3) is 0.625. The molecule has 0 spiro atoms. The van der Waals surface area contributed by atoms with Gasteiger partial charge in [0, 0.05) is 12.7 Å². The standard InChI is InChI=1S/C8H14O4/c1-4-6-8(9)12-11-7(3)10-5-2/h4,6-7H,5H2,1-3H3. The van der Waals surface area contributed by atoms with Gasteiger partial charge in [-0.3, -0.25) is 4.89 Å².